The molecule has 0 fully saturated rings. The molecular formula is C11H7F13O2. The lowest BCUT2D eigenvalue weighted by atomic mass is 9.95. The Morgan fingerprint density at radius 2 is 1.15 bits per heavy atom. The van der Waals surface area contributed by atoms with Gasteiger partial charge in [-0.2, -0.15) is 57.1 Å². The van der Waals surface area contributed by atoms with Gasteiger partial charge in [-0.15, -0.1) is 0 Å². The van der Waals surface area contributed by atoms with Crippen molar-refractivity contribution in [2.45, 2.75) is 49.3 Å². The van der Waals surface area contributed by atoms with Crippen molar-refractivity contribution in [3.8, 4) is 0 Å². The van der Waals surface area contributed by atoms with Gasteiger partial charge in [0.15, 0.2) is 0 Å². The molecule has 26 heavy (non-hydrogen) atoms. The third kappa shape index (κ3) is 4.16. The molecule has 0 aliphatic heterocycles. The highest BCUT2D eigenvalue weighted by atomic mass is 19.4. The van der Waals surface area contributed by atoms with Crippen molar-refractivity contribution in [2.24, 2.45) is 0 Å². The highest BCUT2D eigenvalue weighted by Gasteiger charge is 2.88. The molecule has 0 heterocycles. The molecular weight excluding hydrogens is 411 g/mol. The van der Waals surface area contributed by atoms with E-state index in [2.05, 4.69) is 11.3 Å². The molecule has 0 bridgehead atoms. The summed E-state index contributed by atoms with van der Waals surface area (Å²) < 4.78 is 168. The topological polar surface area (TPSA) is 26.3 Å². The minimum Gasteiger partial charge on any atom is -0.393 e. The van der Waals surface area contributed by atoms with E-state index in [9.17, 15) is 61.9 Å². The van der Waals surface area contributed by atoms with Crippen LogP contribution < -0.4 is 0 Å². The molecule has 0 aliphatic carbocycles. The first-order valence-electron chi connectivity index (χ1n) is 5.88. The molecule has 0 N–H and O–H groups in total. The summed E-state index contributed by atoms with van der Waals surface area (Å²) in [6.07, 6.45) is -17.1. The second-order valence-corrected chi connectivity index (χ2v) is 4.91. The van der Waals surface area contributed by atoms with Gasteiger partial charge in [0.1, 0.15) is 6.42 Å². The molecule has 0 aromatic rings. The Morgan fingerprint density at radius 1 is 0.769 bits per heavy atom. The smallest absolute Gasteiger partial charge is 0.393 e. The Hall–Kier alpha value is -1.70. The molecule has 0 unspecified atom stereocenters. The first-order chi connectivity index (χ1) is 11.0. The Morgan fingerprint density at radius 3 is 1.46 bits per heavy atom. The van der Waals surface area contributed by atoms with Crippen LogP contribution in [0.25, 0.3) is 0 Å². The zero-order valence-electron chi connectivity index (χ0n) is 12.1. The fourth-order valence-electron chi connectivity index (χ4n) is 1.24. The van der Waals surface area contributed by atoms with Crippen LogP contribution >= 0.6 is 0 Å². The molecule has 154 valence electrons. The number of hydrogen-bond acceptors (Lipinski definition) is 2. The maximum Gasteiger partial charge on any atom is 0.473 e. The maximum atomic E-state index is 13.2. The normalized spacial score (nSPS) is 15.0. The monoisotopic (exact) mass is 418 g/mol. The molecule has 0 spiro atoms. The van der Waals surface area contributed by atoms with Crippen LogP contribution in [0.15, 0.2) is 12.2 Å². The summed E-state index contributed by atoms with van der Waals surface area (Å²) in [7, 11) is 0. The van der Waals surface area contributed by atoms with Gasteiger partial charge in [-0.25, -0.2) is 4.79 Å². The van der Waals surface area contributed by atoms with Crippen LogP contribution in [0.1, 0.15) is 13.3 Å². The highest BCUT2D eigenvalue weighted by Crippen LogP contribution is 2.58. The first-order valence-corrected chi connectivity index (χ1v) is 5.88. The Bertz CT molecular complexity index is 561. The number of hydrogen-bond donors (Lipinski definition) is 0. The zero-order chi connectivity index (χ0) is 21.6. The van der Waals surface area contributed by atoms with E-state index >= 15 is 0 Å². The molecule has 0 aromatic carbocycles. The molecule has 0 rings (SSSR count). The lowest BCUT2D eigenvalue weighted by Gasteiger charge is -2.38. The molecule has 0 amide bonds. The summed E-state index contributed by atoms with van der Waals surface area (Å²) >= 11 is 0. The predicted molar refractivity (Wildman–Crippen MR) is 56.3 cm³/mol. The molecule has 0 saturated heterocycles. The van der Waals surface area contributed by atoms with Crippen molar-refractivity contribution in [2.75, 3.05) is 0 Å². The number of ether oxygens (including phenoxy) is 1. The van der Waals surface area contributed by atoms with Crippen LogP contribution in [-0.2, 0) is 9.53 Å². The number of carbonyl (C=O) groups excluding carboxylic acids is 1. The minimum atomic E-state index is -7.77. The third-order valence-corrected chi connectivity index (χ3v) is 2.61. The van der Waals surface area contributed by atoms with Gasteiger partial charge in [0.25, 0.3) is 0 Å². The third-order valence-electron chi connectivity index (χ3n) is 2.61. The van der Waals surface area contributed by atoms with Gasteiger partial charge < -0.3 is 4.74 Å². The lowest BCUT2D eigenvalue weighted by molar-refractivity contribution is -0.440. The molecule has 2 nitrogen and oxygen atoms in total. The average molecular weight is 418 g/mol. The number of carbonyl (C=O) groups is 1. The average Bonchev–Trinajstić information content (AvgIpc) is 2.33. The van der Waals surface area contributed by atoms with Gasteiger partial charge in [-0.05, 0) is 6.92 Å². The Labute approximate surface area is 135 Å². The number of alkyl halides is 13. The highest BCUT2D eigenvalue weighted by molar-refractivity contribution is 5.87. The fourth-order valence-corrected chi connectivity index (χ4v) is 1.24. The SMILES string of the molecule is C=C(C)C(=O)OC(F)(F)C(F)(F)C(F)(F)C(F)(F)C(F)(F)CC(F)(F)F. The van der Waals surface area contributed by atoms with E-state index in [0.717, 1.165) is 0 Å². The second-order valence-electron chi connectivity index (χ2n) is 4.91. The molecule has 0 atom stereocenters. The Balaban J connectivity index is 6.09. The lowest BCUT2D eigenvalue weighted by Crippen LogP contribution is -2.68. The van der Waals surface area contributed by atoms with Crippen LogP contribution in [-0.4, -0.2) is 41.9 Å². The van der Waals surface area contributed by atoms with Gasteiger partial charge >= 0.3 is 41.9 Å². The van der Waals surface area contributed by atoms with E-state index in [4.69, 9.17) is 0 Å². The van der Waals surface area contributed by atoms with Gasteiger partial charge in [0.05, 0.1) is 0 Å². The maximum absolute atomic E-state index is 13.2. The molecule has 0 aromatic heterocycles. The summed E-state index contributed by atoms with van der Waals surface area (Å²) in [6, 6.07) is 0. The summed E-state index contributed by atoms with van der Waals surface area (Å²) in [5, 5.41) is 0. The van der Waals surface area contributed by atoms with Crippen molar-refractivity contribution in [1.29, 1.82) is 0 Å². The molecule has 15 heteroatoms. The zero-order valence-corrected chi connectivity index (χ0v) is 12.1. The predicted octanol–water partition coefficient (Wildman–Crippen LogP) is 5.19. The van der Waals surface area contributed by atoms with Gasteiger partial charge in [0, 0.05) is 5.57 Å². The summed E-state index contributed by atoms with van der Waals surface area (Å²) in [5.74, 6) is -32.3. The van der Waals surface area contributed by atoms with Crippen molar-refractivity contribution in [1.82, 2.24) is 0 Å². The van der Waals surface area contributed by atoms with Gasteiger partial charge in [0.2, 0.25) is 0 Å². The summed E-state index contributed by atoms with van der Waals surface area (Å²) in [4.78, 5) is 10.7. The molecule has 0 radical (unpaired) electrons. The first kappa shape index (κ1) is 24.3. The number of esters is 1. The van der Waals surface area contributed by atoms with Crippen molar-refractivity contribution in [3.63, 3.8) is 0 Å². The van der Waals surface area contributed by atoms with Gasteiger partial charge in [-0.1, -0.05) is 6.58 Å². The van der Waals surface area contributed by atoms with E-state index < -0.39 is 53.9 Å². The van der Waals surface area contributed by atoms with Crippen LogP contribution in [0, 0.1) is 0 Å². The van der Waals surface area contributed by atoms with E-state index in [1.165, 1.54) is 0 Å². The fraction of sp³-hybridized carbons (Fsp3) is 0.727. The van der Waals surface area contributed by atoms with E-state index in [1.54, 1.807) is 0 Å². The van der Waals surface area contributed by atoms with E-state index in [1.807, 2.05) is 0 Å². The van der Waals surface area contributed by atoms with Crippen LogP contribution in [0.4, 0.5) is 57.1 Å². The quantitative estimate of drug-likeness (QED) is 0.323. The molecule has 0 aliphatic rings. The van der Waals surface area contributed by atoms with Gasteiger partial charge in [-0.3, -0.25) is 0 Å². The summed E-state index contributed by atoms with van der Waals surface area (Å²) in [5.41, 5.74) is -1.10. The van der Waals surface area contributed by atoms with E-state index in [-0.39, 0.29) is 0 Å². The van der Waals surface area contributed by atoms with E-state index in [0.29, 0.717) is 6.92 Å². The van der Waals surface area contributed by atoms with Crippen LogP contribution in [0.3, 0.4) is 0 Å². The van der Waals surface area contributed by atoms with Crippen molar-refractivity contribution >= 4 is 5.97 Å². The number of halogens is 13. The largest absolute Gasteiger partial charge is 0.473 e. The second kappa shape index (κ2) is 6.48. The Kier molecular flexibility index (Phi) is 6.05. The molecule has 0 saturated carbocycles. The summed E-state index contributed by atoms with van der Waals surface area (Å²) in [6.45, 7) is 3.12. The van der Waals surface area contributed by atoms with Crippen LogP contribution in [0.5, 0.6) is 0 Å². The van der Waals surface area contributed by atoms with Crippen molar-refractivity contribution in [3.05, 3.63) is 12.2 Å². The number of rotatable bonds is 7. The minimum absolute atomic E-state index is 0.542. The van der Waals surface area contributed by atoms with Crippen LogP contribution in [0.2, 0.25) is 0 Å². The van der Waals surface area contributed by atoms with Crippen molar-refractivity contribution < 1.29 is 66.6 Å². The standard InChI is InChI=1S/C11H7F13O2/c1-4(2)5(25)26-11(23,24)10(21,22)9(19,20)8(17,18)6(12,13)3-7(14,15)16/h1,3H2,2H3.